The lowest BCUT2D eigenvalue weighted by molar-refractivity contribution is -0.144. The molecule has 8 N–H and O–H groups in total. The number of hydrogen-bond acceptors (Lipinski definition) is 15. The minimum absolute atomic E-state index is 0.00242. The summed E-state index contributed by atoms with van der Waals surface area (Å²) in [5.74, 6) is -6.55. The Morgan fingerprint density at radius 1 is 0.987 bits per heavy atom. The summed E-state index contributed by atoms with van der Waals surface area (Å²) in [6.07, 6.45) is -0.0680. The molecule has 0 saturated carbocycles. The number of likely N-dealkylation sites (tertiary alicyclic amines) is 1. The van der Waals surface area contributed by atoms with E-state index in [1.54, 1.807) is 61.5 Å². The van der Waals surface area contributed by atoms with Crippen LogP contribution < -0.4 is 31.1 Å². The van der Waals surface area contributed by atoms with Crippen molar-refractivity contribution in [3.8, 4) is 27.4 Å². The van der Waals surface area contributed by atoms with Crippen molar-refractivity contribution in [2.24, 2.45) is 11.1 Å². The zero-order valence-corrected chi connectivity index (χ0v) is 43.6. The number of amides is 4. The number of rotatable bonds is 24. The van der Waals surface area contributed by atoms with Crippen molar-refractivity contribution in [1.82, 2.24) is 40.5 Å². The van der Waals surface area contributed by atoms with Gasteiger partial charge in [0.1, 0.15) is 53.4 Å². The minimum Gasteiger partial charge on any atom is -0.484 e. The van der Waals surface area contributed by atoms with Crippen LogP contribution in [0.25, 0.3) is 21.7 Å². The Labute approximate surface area is 439 Å². The number of carbonyl (C=O) groups is 4. The highest BCUT2D eigenvalue weighted by atomic mass is 32.2. The minimum atomic E-state index is -5.13. The molecular formula is C50H58F3N11O10S2. The van der Waals surface area contributed by atoms with Crippen LogP contribution in [0.5, 0.6) is 5.75 Å². The molecule has 76 heavy (non-hydrogen) atoms. The van der Waals surface area contributed by atoms with Crippen LogP contribution in [0.1, 0.15) is 67.4 Å². The number of hydrogen-bond donors (Lipinski definition) is 7. The van der Waals surface area contributed by atoms with Crippen LogP contribution in [-0.2, 0) is 47.0 Å². The van der Waals surface area contributed by atoms with E-state index >= 15 is 0 Å². The maximum atomic E-state index is 14.0. The van der Waals surface area contributed by atoms with E-state index in [9.17, 15) is 45.9 Å². The predicted octanol–water partition coefficient (Wildman–Crippen LogP) is 5.63. The lowest BCUT2D eigenvalue weighted by Crippen LogP contribution is -2.58. The Kier molecular flexibility index (Phi) is 18.2. The molecule has 7 rings (SSSR count). The van der Waals surface area contributed by atoms with E-state index in [2.05, 4.69) is 36.2 Å². The Balaban J connectivity index is 0.874. The number of aromatic amines is 1. The number of anilines is 3. The van der Waals surface area contributed by atoms with Crippen molar-refractivity contribution >= 4 is 62.3 Å². The Hall–Kier alpha value is -7.39. The highest BCUT2D eigenvalue weighted by Crippen LogP contribution is 2.37. The molecule has 4 heterocycles. The fourth-order valence-corrected chi connectivity index (χ4v) is 9.51. The molecule has 21 nitrogen and oxygen atoms in total. The molecule has 26 heteroatoms. The van der Waals surface area contributed by atoms with Gasteiger partial charge in [-0.25, -0.2) is 17.8 Å². The Bertz CT molecular complexity index is 3110. The molecule has 6 aromatic rings. The third kappa shape index (κ3) is 14.3. The van der Waals surface area contributed by atoms with Crippen LogP contribution in [0, 0.1) is 18.2 Å². The zero-order valence-electron chi connectivity index (χ0n) is 42.0. The topological polar surface area (TPSA) is 287 Å². The number of aliphatic hydroxyl groups excluding tert-OH is 1. The smallest absolute Gasteiger partial charge is 0.355 e. The number of nitrogens with one attached hydrogen (secondary N) is 5. The van der Waals surface area contributed by atoms with Crippen molar-refractivity contribution in [2.75, 3.05) is 43.0 Å². The second kappa shape index (κ2) is 24.5. The third-order valence-electron chi connectivity index (χ3n) is 12.1. The highest BCUT2D eigenvalue weighted by Gasteiger charge is 2.44. The number of thiazole rings is 1. The Morgan fingerprint density at radius 2 is 1.70 bits per heavy atom. The summed E-state index contributed by atoms with van der Waals surface area (Å²) in [6, 6.07) is 16.4. The van der Waals surface area contributed by atoms with E-state index in [0.717, 1.165) is 27.8 Å². The number of benzene rings is 3. The number of H-pyrrole nitrogens is 1. The molecule has 4 atom stereocenters. The lowest BCUT2D eigenvalue weighted by Gasteiger charge is -2.35. The van der Waals surface area contributed by atoms with Crippen molar-refractivity contribution in [1.29, 1.82) is 0 Å². The van der Waals surface area contributed by atoms with Crippen LogP contribution in [0.4, 0.5) is 30.5 Å². The number of β-amino-alcohol motifs (C(OH)–C–C–N with tert-alkyl or cyclic N) is 1. The summed E-state index contributed by atoms with van der Waals surface area (Å²) in [4.78, 5) is 60.1. The zero-order chi connectivity index (χ0) is 54.9. The molecule has 1 aliphatic rings. The molecule has 1 fully saturated rings. The first-order valence-corrected chi connectivity index (χ1v) is 26.3. The fourth-order valence-electron chi connectivity index (χ4n) is 8.13. The SMILES string of the molecule is Cc1ncsc1-c1ccc(CNC(=O)[C@@H]2C[C@@H](O)CN2C(=O)[C@@H](NC(=O)COCCOCCn2ccc(Nc3[nH]nc(-c4ccc(NS(=O)(=O)C(F)F)c(O[C@@H](C)c5ccc(F)cc5)c4)c3C(N)=O)n2)C(C)(C)C)cc1. The number of nitrogens with two attached hydrogens (primary N) is 1. The van der Waals surface area contributed by atoms with Crippen molar-refractivity contribution in [2.45, 2.75) is 84.2 Å². The van der Waals surface area contributed by atoms with Gasteiger partial charge in [-0.05, 0) is 60.2 Å². The summed E-state index contributed by atoms with van der Waals surface area (Å²) < 4.78 is 85.1. The quantitative estimate of drug-likeness (QED) is 0.0362. The predicted molar refractivity (Wildman–Crippen MR) is 275 cm³/mol. The number of primary amides is 1. The number of aryl methyl sites for hydroxylation is 1. The van der Waals surface area contributed by atoms with Crippen LogP contribution >= 0.6 is 11.3 Å². The van der Waals surface area contributed by atoms with Gasteiger partial charge in [0.05, 0.1) is 54.2 Å². The van der Waals surface area contributed by atoms with Crippen LogP contribution in [0.3, 0.4) is 0 Å². The van der Waals surface area contributed by atoms with Gasteiger partial charge in [0, 0.05) is 37.3 Å². The normalized spacial score (nSPS) is 15.6. The van der Waals surface area contributed by atoms with Gasteiger partial charge in [0.15, 0.2) is 5.82 Å². The molecule has 0 spiro atoms. The van der Waals surface area contributed by atoms with Crippen LogP contribution in [0.2, 0.25) is 0 Å². The van der Waals surface area contributed by atoms with E-state index in [-0.39, 0.29) is 92.4 Å². The van der Waals surface area contributed by atoms with Gasteiger partial charge in [-0.15, -0.1) is 11.3 Å². The Morgan fingerprint density at radius 3 is 2.37 bits per heavy atom. The van der Waals surface area contributed by atoms with Gasteiger partial charge < -0.3 is 45.9 Å². The molecule has 0 radical (unpaired) electrons. The number of carbonyl (C=O) groups excluding carboxylic acids is 4. The number of halogens is 3. The van der Waals surface area contributed by atoms with Crippen molar-refractivity contribution < 1.29 is 60.1 Å². The molecule has 0 aliphatic carbocycles. The number of nitrogens with zero attached hydrogens (tertiary/aromatic N) is 5. The average Bonchev–Trinajstić information content (AvgIpc) is 4.21. The summed E-state index contributed by atoms with van der Waals surface area (Å²) in [5, 5.41) is 30.5. The number of aliphatic hydroxyl groups is 1. The second-order valence-corrected chi connectivity index (χ2v) is 21.3. The monoisotopic (exact) mass is 1090 g/mol. The first-order valence-electron chi connectivity index (χ1n) is 23.8. The summed E-state index contributed by atoms with van der Waals surface area (Å²) in [7, 11) is -5.13. The molecule has 3 aromatic carbocycles. The standard InChI is InChI=1S/C50H58F3N11O10S2/c1-28-43(75-27-56-28)32-8-6-30(7-9-32)24-55-47(68)37-23-35(65)25-64(37)48(69)44(50(3,4)5)58-40(66)26-73-21-20-72-19-18-63-17-16-39(61-63)57-46-41(45(54)67)42(59-60-46)33-12-15-36(62-76(70,71)49(52)53)38(22-33)74-29(2)31-10-13-34(51)14-11-31/h6-17,22,27,29,35,37,44,49,62,65H,18-21,23-26H2,1-5H3,(H2,54,67)(H,55,68)(H,58,66)(H2,57,59,60,61)/t29-,35+,37-,44+/m0/s1. The number of aromatic nitrogens is 5. The van der Waals surface area contributed by atoms with Crippen molar-refractivity contribution in [3.05, 3.63) is 113 Å². The number of alkyl halides is 2. The maximum absolute atomic E-state index is 14.0. The molecule has 0 bridgehead atoms. The summed E-state index contributed by atoms with van der Waals surface area (Å²) in [5.41, 5.74) is 9.82. The maximum Gasteiger partial charge on any atom is 0.355 e. The molecule has 0 unspecified atom stereocenters. The molecule has 3 aromatic heterocycles. The van der Waals surface area contributed by atoms with E-state index in [1.165, 1.54) is 41.3 Å². The second-order valence-electron chi connectivity index (χ2n) is 18.8. The van der Waals surface area contributed by atoms with Gasteiger partial charge in [0.2, 0.25) is 17.7 Å². The first-order chi connectivity index (χ1) is 36.1. The van der Waals surface area contributed by atoms with Gasteiger partial charge in [-0.3, -0.25) is 33.7 Å². The number of ether oxygens (including phenoxy) is 3. The third-order valence-corrected chi connectivity index (χ3v) is 14.0. The number of sulfonamides is 1. The molecule has 1 saturated heterocycles. The van der Waals surface area contributed by atoms with Gasteiger partial charge in [-0.2, -0.15) is 19.0 Å². The van der Waals surface area contributed by atoms with Crippen LogP contribution in [0.15, 0.2) is 84.5 Å². The summed E-state index contributed by atoms with van der Waals surface area (Å²) in [6.45, 7) is 9.24. The van der Waals surface area contributed by atoms with Gasteiger partial charge in [0.25, 0.3) is 15.9 Å². The van der Waals surface area contributed by atoms with Gasteiger partial charge in [-0.1, -0.05) is 63.2 Å². The molecule has 1 aliphatic heterocycles. The lowest BCUT2D eigenvalue weighted by atomic mass is 9.85. The van der Waals surface area contributed by atoms with Crippen LogP contribution in [-0.4, -0.2) is 124 Å². The van der Waals surface area contributed by atoms with E-state index in [4.69, 9.17) is 19.9 Å². The average molecular weight is 1090 g/mol. The van der Waals surface area contributed by atoms with E-state index in [0.29, 0.717) is 5.56 Å². The largest absolute Gasteiger partial charge is 0.484 e. The molecular weight excluding hydrogens is 1040 g/mol. The highest BCUT2D eigenvalue weighted by molar-refractivity contribution is 7.93. The molecule has 406 valence electrons. The summed E-state index contributed by atoms with van der Waals surface area (Å²) >= 11 is 1.55. The fraction of sp³-hybridized carbons (Fsp3) is 0.380. The van der Waals surface area contributed by atoms with E-state index < -0.39 is 74.9 Å². The van der Waals surface area contributed by atoms with E-state index in [1.807, 2.05) is 35.9 Å². The van der Waals surface area contributed by atoms with Crippen molar-refractivity contribution in [3.63, 3.8) is 0 Å². The molecule has 4 amide bonds. The van der Waals surface area contributed by atoms with Gasteiger partial charge >= 0.3 is 5.76 Å². The first kappa shape index (κ1) is 56.3.